The number of carbonyl (C=O) groups is 3. The second kappa shape index (κ2) is 10.5. The third-order valence-electron chi connectivity index (χ3n) is 2.02. The van der Waals surface area contributed by atoms with Crippen LogP contribution in [-0.4, -0.2) is 30.9 Å². The van der Waals surface area contributed by atoms with Gasteiger partial charge in [-0.1, -0.05) is 26.2 Å². The summed E-state index contributed by atoms with van der Waals surface area (Å²) in [4.78, 5) is 32.7. The molecule has 0 saturated carbocycles. The summed E-state index contributed by atoms with van der Waals surface area (Å²) in [5.74, 6) is -1.56. The van der Waals surface area contributed by atoms with Crippen molar-refractivity contribution < 1.29 is 23.9 Å². The number of esters is 2. The molecule has 0 spiro atoms. The van der Waals surface area contributed by atoms with Crippen molar-refractivity contribution in [1.29, 1.82) is 0 Å². The van der Waals surface area contributed by atoms with E-state index in [0.29, 0.717) is 6.61 Å². The maximum atomic E-state index is 11.1. The van der Waals surface area contributed by atoms with Gasteiger partial charge in [0.15, 0.2) is 5.78 Å². The zero-order chi connectivity index (χ0) is 13.8. The molecule has 0 aliphatic heterocycles. The van der Waals surface area contributed by atoms with Crippen molar-refractivity contribution in [3.63, 3.8) is 0 Å². The summed E-state index contributed by atoms with van der Waals surface area (Å²) in [6, 6.07) is 0. The lowest BCUT2D eigenvalue weighted by Gasteiger charge is -2.01. The molecule has 0 aromatic rings. The molecule has 0 unspecified atom stereocenters. The summed E-state index contributed by atoms with van der Waals surface area (Å²) in [6.45, 7) is 3.48. The standard InChI is InChI=1S/C13H20O5/c1-3-4-5-6-9-17-12(15)7-8-13(16)18-10-11(2)14/h7-8H,3-6,9-10H2,1-2H3/b8-7+. The van der Waals surface area contributed by atoms with Crippen molar-refractivity contribution in [3.05, 3.63) is 12.2 Å². The normalized spacial score (nSPS) is 10.3. The van der Waals surface area contributed by atoms with Crippen molar-refractivity contribution in [3.8, 4) is 0 Å². The van der Waals surface area contributed by atoms with Gasteiger partial charge in [-0.05, 0) is 13.3 Å². The smallest absolute Gasteiger partial charge is 0.331 e. The van der Waals surface area contributed by atoms with E-state index in [1.165, 1.54) is 6.92 Å². The van der Waals surface area contributed by atoms with Crippen molar-refractivity contribution in [2.75, 3.05) is 13.2 Å². The Morgan fingerprint density at radius 3 is 2.11 bits per heavy atom. The van der Waals surface area contributed by atoms with E-state index in [1.807, 2.05) is 0 Å². The van der Waals surface area contributed by atoms with E-state index >= 15 is 0 Å². The average Bonchev–Trinajstić information content (AvgIpc) is 2.33. The predicted octanol–water partition coefficient (Wildman–Crippen LogP) is 1.80. The third kappa shape index (κ3) is 10.9. The monoisotopic (exact) mass is 256 g/mol. The van der Waals surface area contributed by atoms with Crippen LogP contribution in [0.5, 0.6) is 0 Å². The SMILES string of the molecule is CCCCCCOC(=O)/C=C/C(=O)OCC(C)=O. The van der Waals surface area contributed by atoms with Crippen molar-refractivity contribution in [2.45, 2.75) is 39.5 Å². The van der Waals surface area contributed by atoms with Gasteiger partial charge in [0.1, 0.15) is 6.61 Å². The summed E-state index contributed by atoms with van der Waals surface area (Å²) >= 11 is 0. The van der Waals surface area contributed by atoms with E-state index in [0.717, 1.165) is 37.8 Å². The largest absolute Gasteiger partial charge is 0.463 e. The molecule has 0 N–H and O–H groups in total. The van der Waals surface area contributed by atoms with Gasteiger partial charge in [0, 0.05) is 12.2 Å². The van der Waals surface area contributed by atoms with Crippen LogP contribution >= 0.6 is 0 Å². The molecule has 0 aliphatic carbocycles. The molecule has 102 valence electrons. The summed E-state index contributed by atoms with van der Waals surface area (Å²) in [6.07, 6.45) is 6.04. The number of Topliss-reactive ketones (excluding diaryl/α,β-unsaturated/α-hetero) is 1. The van der Waals surface area contributed by atoms with E-state index < -0.39 is 11.9 Å². The lowest BCUT2D eigenvalue weighted by molar-refractivity contribution is -0.143. The highest BCUT2D eigenvalue weighted by Gasteiger charge is 2.02. The molecule has 0 heterocycles. The van der Waals surface area contributed by atoms with E-state index in [9.17, 15) is 14.4 Å². The molecule has 0 aliphatic rings. The highest BCUT2D eigenvalue weighted by Crippen LogP contribution is 1.99. The van der Waals surface area contributed by atoms with Gasteiger partial charge in [-0.25, -0.2) is 9.59 Å². The third-order valence-corrected chi connectivity index (χ3v) is 2.02. The Hall–Kier alpha value is -1.65. The van der Waals surface area contributed by atoms with Crippen LogP contribution < -0.4 is 0 Å². The van der Waals surface area contributed by atoms with Gasteiger partial charge < -0.3 is 9.47 Å². The zero-order valence-corrected chi connectivity index (χ0v) is 10.9. The fourth-order valence-electron chi connectivity index (χ4n) is 1.11. The molecule has 0 aromatic carbocycles. The number of hydrogen-bond donors (Lipinski definition) is 0. The molecule has 0 radical (unpaired) electrons. The lowest BCUT2D eigenvalue weighted by Crippen LogP contribution is -2.10. The highest BCUT2D eigenvalue weighted by molar-refractivity contribution is 5.92. The Balaban J connectivity index is 3.66. The maximum absolute atomic E-state index is 11.1. The molecule has 5 nitrogen and oxygen atoms in total. The van der Waals surface area contributed by atoms with E-state index in [1.54, 1.807) is 0 Å². The quantitative estimate of drug-likeness (QED) is 0.357. The summed E-state index contributed by atoms with van der Waals surface area (Å²) in [5.41, 5.74) is 0. The van der Waals surface area contributed by atoms with Crippen LogP contribution in [-0.2, 0) is 23.9 Å². The summed E-state index contributed by atoms with van der Waals surface area (Å²) < 4.78 is 9.39. The van der Waals surface area contributed by atoms with Gasteiger partial charge in [-0.2, -0.15) is 0 Å². The van der Waals surface area contributed by atoms with Crippen LogP contribution in [0.15, 0.2) is 12.2 Å². The Morgan fingerprint density at radius 2 is 1.56 bits per heavy atom. The van der Waals surface area contributed by atoms with Crippen molar-refractivity contribution >= 4 is 17.7 Å². The van der Waals surface area contributed by atoms with Gasteiger partial charge in [0.2, 0.25) is 0 Å². The van der Waals surface area contributed by atoms with Crippen LogP contribution in [0.25, 0.3) is 0 Å². The first-order valence-electron chi connectivity index (χ1n) is 6.07. The fourth-order valence-corrected chi connectivity index (χ4v) is 1.11. The zero-order valence-electron chi connectivity index (χ0n) is 10.9. The topological polar surface area (TPSA) is 69.7 Å². The Bertz CT molecular complexity index is 307. The van der Waals surface area contributed by atoms with Gasteiger partial charge in [-0.15, -0.1) is 0 Å². The number of ketones is 1. The number of rotatable bonds is 9. The number of unbranched alkanes of at least 4 members (excludes halogenated alkanes) is 3. The number of hydrogen-bond acceptors (Lipinski definition) is 5. The molecule has 0 atom stereocenters. The Morgan fingerprint density at radius 1 is 0.944 bits per heavy atom. The van der Waals surface area contributed by atoms with Crippen molar-refractivity contribution in [2.24, 2.45) is 0 Å². The second-order valence-electron chi connectivity index (χ2n) is 3.87. The van der Waals surface area contributed by atoms with Crippen LogP contribution in [0.1, 0.15) is 39.5 Å². The molecule has 5 heteroatoms. The second-order valence-corrected chi connectivity index (χ2v) is 3.87. The van der Waals surface area contributed by atoms with Crippen LogP contribution in [0, 0.1) is 0 Å². The first kappa shape index (κ1) is 16.4. The molecule has 0 amide bonds. The minimum Gasteiger partial charge on any atom is -0.463 e. The van der Waals surface area contributed by atoms with E-state index in [-0.39, 0.29) is 12.4 Å². The van der Waals surface area contributed by atoms with Gasteiger partial charge in [0.25, 0.3) is 0 Å². The first-order chi connectivity index (χ1) is 8.56. The van der Waals surface area contributed by atoms with Gasteiger partial charge in [0.05, 0.1) is 6.61 Å². The predicted molar refractivity (Wildman–Crippen MR) is 65.9 cm³/mol. The molecule has 0 saturated heterocycles. The van der Waals surface area contributed by atoms with Gasteiger partial charge >= 0.3 is 11.9 Å². The molecule has 0 rings (SSSR count). The molecule has 0 aromatic heterocycles. The molecule has 0 fully saturated rings. The molecular formula is C13H20O5. The summed E-state index contributed by atoms with van der Waals surface area (Å²) in [5, 5.41) is 0. The average molecular weight is 256 g/mol. The van der Waals surface area contributed by atoms with Crippen LogP contribution in [0.3, 0.4) is 0 Å². The van der Waals surface area contributed by atoms with E-state index in [4.69, 9.17) is 4.74 Å². The number of carbonyl (C=O) groups excluding carboxylic acids is 3. The maximum Gasteiger partial charge on any atom is 0.331 e. The van der Waals surface area contributed by atoms with Crippen LogP contribution in [0.2, 0.25) is 0 Å². The summed E-state index contributed by atoms with van der Waals surface area (Å²) in [7, 11) is 0. The molecule has 18 heavy (non-hydrogen) atoms. The lowest BCUT2D eigenvalue weighted by atomic mass is 10.2. The highest BCUT2D eigenvalue weighted by atomic mass is 16.5. The molecule has 0 bridgehead atoms. The fraction of sp³-hybridized carbons (Fsp3) is 0.615. The minimum absolute atomic E-state index is 0.254. The van der Waals surface area contributed by atoms with Crippen LogP contribution in [0.4, 0.5) is 0 Å². The van der Waals surface area contributed by atoms with Crippen molar-refractivity contribution in [1.82, 2.24) is 0 Å². The van der Waals surface area contributed by atoms with Gasteiger partial charge in [-0.3, -0.25) is 4.79 Å². The molecular weight excluding hydrogens is 236 g/mol. The Kier molecular flexibility index (Phi) is 9.54. The minimum atomic E-state index is -0.729. The first-order valence-corrected chi connectivity index (χ1v) is 6.07. The van der Waals surface area contributed by atoms with E-state index in [2.05, 4.69) is 11.7 Å². The number of ether oxygens (including phenoxy) is 2. The Labute approximate surface area is 107 Å².